The van der Waals surface area contributed by atoms with Crippen molar-refractivity contribution in [1.82, 2.24) is 4.90 Å². The van der Waals surface area contributed by atoms with E-state index in [-0.39, 0.29) is 42.4 Å². The van der Waals surface area contributed by atoms with Gasteiger partial charge in [0, 0.05) is 19.0 Å². The first-order chi connectivity index (χ1) is 14.2. The highest BCUT2D eigenvalue weighted by Gasteiger charge is 2.42. The van der Waals surface area contributed by atoms with Crippen LogP contribution in [0.15, 0.2) is 29.2 Å². The molecule has 2 aliphatic rings. The van der Waals surface area contributed by atoms with Crippen LogP contribution in [-0.4, -0.2) is 51.0 Å². The van der Waals surface area contributed by atoms with Gasteiger partial charge in [0.25, 0.3) is 0 Å². The molecule has 1 heterocycles. The van der Waals surface area contributed by atoms with Crippen molar-refractivity contribution >= 4 is 21.9 Å². The van der Waals surface area contributed by atoms with Gasteiger partial charge >= 0.3 is 5.97 Å². The van der Waals surface area contributed by atoms with Crippen molar-refractivity contribution in [2.45, 2.75) is 50.5 Å². The molecular weight excluding hydrogens is 408 g/mol. The number of sulfonamides is 1. The van der Waals surface area contributed by atoms with Crippen LogP contribution in [0.4, 0.5) is 0 Å². The van der Waals surface area contributed by atoms with Crippen LogP contribution in [-0.2, 0) is 24.3 Å². The lowest BCUT2D eigenvalue weighted by atomic mass is 9.77. The fourth-order valence-corrected chi connectivity index (χ4v) is 4.86. The first kappa shape index (κ1) is 22.6. The molecule has 4 atom stereocenters. The van der Waals surface area contributed by atoms with Gasteiger partial charge in [-0.2, -0.15) is 0 Å². The molecule has 166 valence electrons. The summed E-state index contributed by atoms with van der Waals surface area (Å²) in [6, 6.07) is 5.89. The zero-order chi connectivity index (χ0) is 21.9. The van der Waals surface area contributed by atoms with E-state index in [1.807, 2.05) is 4.90 Å². The number of ether oxygens (including phenoxy) is 2. The van der Waals surface area contributed by atoms with E-state index >= 15 is 0 Å². The van der Waals surface area contributed by atoms with Gasteiger partial charge in [0.2, 0.25) is 15.9 Å². The molecule has 2 N–H and O–H groups in total. The summed E-state index contributed by atoms with van der Waals surface area (Å²) < 4.78 is 33.2. The van der Waals surface area contributed by atoms with Crippen LogP contribution in [0.25, 0.3) is 0 Å². The van der Waals surface area contributed by atoms with Gasteiger partial charge in [-0.25, -0.2) is 13.6 Å². The molecular formula is C21H30N2O6S. The van der Waals surface area contributed by atoms with Crippen LogP contribution < -0.4 is 9.88 Å². The minimum absolute atomic E-state index is 0.00147. The molecule has 1 aliphatic heterocycles. The van der Waals surface area contributed by atoms with Gasteiger partial charge in [-0.3, -0.25) is 9.59 Å². The number of benzene rings is 1. The quantitative estimate of drug-likeness (QED) is 0.514. The van der Waals surface area contributed by atoms with E-state index in [9.17, 15) is 18.0 Å². The van der Waals surface area contributed by atoms with Crippen molar-refractivity contribution < 1.29 is 27.5 Å². The summed E-state index contributed by atoms with van der Waals surface area (Å²) in [5.74, 6) is 0.687. The summed E-state index contributed by atoms with van der Waals surface area (Å²) in [4.78, 5) is 26.8. The monoisotopic (exact) mass is 438 g/mol. The Bertz CT molecular complexity index is 870. The number of primary sulfonamides is 1. The Morgan fingerprint density at radius 2 is 1.87 bits per heavy atom. The summed E-state index contributed by atoms with van der Waals surface area (Å²) in [6.07, 6.45) is 3.50. The first-order valence-corrected chi connectivity index (χ1v) is 11.9. The van der Waals surface area contributed by atoms with Crippen molar-refractivity contribution in [2.24, 2.45) is 22.9 Å². The number of amides is 1. The van der Waals surface area contributed by atoms with Crippen LogP contribution in [0.1, 0.15) is 39.5 Å². The number of carbonyl (C=O) groups is 2. The Morgan fingerprint density at radius 1 is 1.17 bits per heavy atom. The summed E-state index contributed by atoms with van der Waals surface area (Å²) in [5, 5.41) is 5.05. The highest BCUT2D eigenvalue weighted by molar-refractivity contribution is 7.89. The van der Waals surface area contributed by atoms with Crippen molar-refractivity contribution in [3.05, 3.63) is 24.3 Å². The molecule has 0 radical (unpaired) electrons. The molecule has 9 heteroatoms. The third-order valence-electron chi connectivity index (χ3n) is 6.30. The van der Waals surface area contributed by atoms with Crippen LogP contribution >= 0.6 is 0 Å². The number of nitrogens with two attached hydrogens (primary N) is 1. The fraction of sp³-hybridized carbons (Fsp3) is 0.619. The van der Waals surface area contributed by atoms with Gasteiger partial charge in [0.1, 0.15) is 19.0 Å². The van der Waals surface area contributed by atoms with Gasteiger partial charge in [0.15, 0.2) is 0 Å². The summed E-state index contributed by atoms with van der Waals surface area (Å²) >= 11 is 0. The Balaban J connectivity index is 1.44. The number of hydrogen-bond acceptors (Lipinski definition) is 6. The molecule has 0 aromatic heterocycles. The number of hydrogen-bond donors (Lipinski definition) is 1. The van der Waals surface area contributed by atoms with E-state index < -0.39 is 15.9 Å². The highest BCUT2D eigenvalue weighted by Crippen LogP contribution is 2.35. The summed E-state index contributed by atoms with van der Waals surface area (Å²) in [7, 11) is -3.75. The molecule has 3 rings (SSSR count). The lowest BCUT2D eigenvalue weighted by Crippen LogP contribution is -2.45. The lowest BCUT2D eigenvalue weighted by molar-refractivity contribution is -0.149. The predicted octanol–water partition coefficient (Wildman–Crippen LogP) is 1.93. The normalized spacial score (nSPS) is 27.2. The second-order valence-electron chi connectivity index (χ2n) is 8.31. The Hall–Kier alpha value is -2.13. The average Bonchev–Trinajstić information content (AvgIpc) is 3.08. The summed E-state index contributed by atoms with van der Waals surface area (Å²) in [6.45, 7) is 5.03. The Kier molecular flexibility index (Phi) is 7.02. The number of likely N-dealkylation sites (tertiary alicyclic amines) is 1. The number of esters is 1. The third kappa shape index (κ3) is 5.31. The van der Waals surface area contributed by atoms with Gasteiger partial charge in [0.05, 0.1) is 10.8 Å². The zero-order valence-electron chi connectivity index (χ0n) is 17.5. The van der Waals surface area contributed by atoms with Crippen LogP contribution in [0.3, 0.4) is 0 Å². The minimum Gasteiger partial charge on any atom is -0.490 e. The van der Waals surface area contributed by atoms with Crippen LogP contribution in [0, 0.1) is 17.8 Å². The van der Waals surface area contributed by atoms with E-state index in [0.29, 0.717) is 24.1 Å². The van der Waals surface area contributed by atoms with Crippen molar-refractivity contribution in [2.75, 3.05) is 19.8 Å². The van der Waals surface area contributed by atoms with Gasteiger partial charge in [-0.15, -0.1) is 0 Å². The SMILES string of the molecule is C[C@@H]1[C@H](C)CCC[C@@H]1N1C[C@H](C(=O)OCCOc2ccc(S(N)(=O)=O)cc2)CC1=O. The molecule has 1 aromatic carbocycles. The van der Waals surface area contributed by atoms with Gasteiger partial charge < -0.3 is 14.4 Å². The molecule has 1 saturated carbocycles. The minimum atomic E-state index is -3.75. The molecule has 30 heavy (non-hydrogen) atoms. The molecule has 1 amide bonds. The molecule has 8 nitrogen and oxygen atoms in total. The average molecular weight is 439 g/mol. The molecule has 1 aromatic rings. The van der Waals surface area contributed by atoms with E-state index in [1.54, 1.807) is 0 Å². The van der Waals surface area contributed by atoms with Crippen molar-refractivity contribution in [3.63, 3.8) is 0 Å². The number of carbonyl (C=O) groups excluding carboxylic acids is 2. The molecule has 0 spiro atoms. The lowest BCUT2D eigenvalue weighted by Gasteiger charge is -2.39. The standard InChI is InChI=1S/C21H30N2O6S/c1-14-4-3-5-19(15(14)2)23-13-16(12-20(23)24)21(25)29-11-10-28-17-6-8-18(9-7-17)30(22,26)27/h6-9,14-16,19H,3-5,10-13H2,1-2H3,(H2,22,26,27)/t14-,15-,16-,19+/m1/s1. The second kappa shape index (κ2) is 9.34. The van der Waals surface area contributed by atoms with Crippen LogP contribution in [0.5, 0.6) is 5.75 Å². The van der Waals surface area contributed by atoms with E-state index in [0.717, 1.165) is 12.8 Å². The van der Waals surface area contributed by atoms with Crippen molar-refractivity contribution in [1.29, 1.82) is 0 Å². The molecule has 1 aliphatic carbocycles. The topological polar surface area (TPSA) is 116 Å². The molecule has 1 saturated heterocycles. The number of rotatable bonds is 7. The Morgan fingerprint density at radius 3 is 2.53 bits per heavy atom. The highest BCUT2D eigenvalue weighted by atomic mass is 32.2. The first-order valence-electron chi connectivity index (χ1n) is 10.4. The maximum Gasteiger partial charge on any atom is 0.311 e. The molecule has 2 fully saturated rings. The zero-order valence-corrected chi connectivity index (χ0v) is 18.3. The second-order valence-corrected chi connectivity index (χ2v) is 9.88. The summed E-state index contributed by atoms with van der Waals surface area (Å²) in [5.41, 5.74) is 0. The van der Waals surface area contributed by atoms with Gasteiger partial charge in [-0.05, 0) is 42.5 Å². The van der Waals surface area contributed by atoms with Gasteiger partial charge in [-0.1, -0.05) is 26.7 Å². The molecule has 0 bridgehead atoms. The Labute approximate surface area is 177 Å². The maximum absolute atomic E-state index is 12.5. The largest absolute Gasteiger partial charge is 0.490 e. The van der Waals surface area contributed by atoms with Crippen molar-refractivity contribution in [3.8, 4) is 5.75 Å². The molecule has 0 unspecified atom stereocenters. The van der Waals surface area contributed by atoms with E-state index in [4.69, 9.17) is 14.6 Å². The predicted molar refractivity (Wildman–Crippen MR) is 110 cm³/mol. The van der Waals surface area contributed by atoms with E-state index in [2.05, 4.69) is 13.8 Å². The third-order valence-corrected chi connectivity index (χ3v) is 7.23. The van der Waals surface area contributed by atoms with E-state index in [1.165, 1.54) is 30.7 Å². The smallest absolute Gasteiger partial charge is 0.311 e. The van der Waals surface area contributed by atoms with Crippen LogP contribution in [0.2, 0.25) is 0 Å². The fourth-order valence-electron chi connectivity index (χ4n) is 4.35. The maximum atomic E-state index is 12.5. The number of nitrogens with zero attached hydrogens (tertiary/aromatic N) is 1.